The summed E-state index contributed by atoms with van der Waals surface area (Å²) in [6.07, 6.45) is -5.31. The number of alkyl halides is 3. The van der Waals surface area contributed by atoms with Gasteiger partial charge in [0.25, 0.3) is 5.78 Å². The minimum Gasteiger partial charge on any atom is -0.284 e. The van der Waals surface area contributed by atoms with Crippen molar-refractivity contribution in [3.05, 3.63) is 33.3 Å². The molecule has 1 nitrogen and oxygen atoms in total. The lowest BCUT2D eigenvalue weighted by Gasteiger charge is -2.10. The predicted octanol–water partition coefficient (Wildman–Crippen LogP) is 3.78. The van der Waals surface area contributed by atoms with E-state index in [0.29, 0.717) is 0 Å². The zero-order chi connectivity index (χ0) is 12.7. The van der Waals surface area contributed by atoms with Gasteiger partial charge in [-0.05, 0) is 34.5 Å². The summed E-state index contributed by atoms with van der Waals surface area (Å²) >= 11 is 2.60. The SMILES string of the molecule is Cc1cc(Br)c(F)c(C(=O)C(F)(F)F)c1F. The normalized spacial score (nSPS) is 11.7. The Morgan fingerprint density at radius 3 is 2.19 bits per heavy atom. The number of hydrogen-bond donors (Lipinski definition) is 0. The van der Waals surface area contributed by atoms with Gasteiger partial charge in [0.2, 0.25) is 0 Å². The number of aryl methyl sites for hydroxylation is 1. The standard InChI is InChI=1S/C9H4BrF5O/c1-3-2-4(10)7(12)5(6(3)11)8(16)9(13,14)15/h2H,1H3. The third kappa shape index (κ3) is 2.23. The van der Waals surface area contributed by atoms with E-state index in [9.17, 15) is 26.7 Å². The Kier molecular flexibility index (Phi) is 3.37. The highest BCUT2D eigenvalue weighted by atomic mass is 79.9. The van der Waals surface area contributed by atoms with Gasteiger partial charge in [-0.3, -0.25) is 4.79 Å². The van der Waals surface area contributed by atoms with Crippen LogP contribution in [0, 0.1) is 18.6 Å². The highest BCUT2D eigenvalue weighted by Gasteiger charge is 2.43. The molecule has 0 amide bonds. The van der Waals surface area contributed by atoms with Crippen LogP contribution in [0.3, 0.4) is 0 Å². The van der Waals surface area contributed by atoms with Crippen molar-refractivity contribution in [3.8, 4) is 0 Å². The van der Waals surface area contributed by atoms with E-state index >= 15 is 0 Å². The van der Waals surface area contributed by atoms with Crippen molar-refractivity contribution in [2.75, 3.05) is 0 Å². The van der Waals surface area contributed by atoms with Gasteiger partial charge in [-0.15, -0.1) is 0 Å². The maximum absolute atomic E-state index is 13.2. The first-order valence-electron chi connectivity index (χ1n) is 3.92. The van der Waals surface area contributed by atoms with Crippen LogP contribution in [-0.4, -0.2) is 12.0 Å². The largest absolute Gasteiger partial charge is 0.455 e. The van der Waals surface area contributed by atoms with Gasteiger partial charge in [0.05, 0.1) is 4.47 Å². The summed E-state index contributed by atoms with van der Waals surface area (Å²) in [4.78, 5) is 10.8. The van der Waals surface area contributed by atoms with Crippen LogP contribution in [0.25, 0.3) is 0 Å². The average molecular weight is 303 g/mol. The Hall–Kier alpha value is -0.980. The second-order valence-electron chi connectivity index (χ2n) is 3.01. The van der Waals surface area contributed by atoms with Gasteiger partial charge in [0, 0.05) is 0 Å². The van der Waals surface area contributed by atoms with Crippen molar-refractivity contribution in [1.29, 1.82) is 0 Å². The number of rotatable bonds is 1. The number of carbonyl (C=O) groups excluding carboxylic acids is 1. The Morgan fingerprint density at radius 1 is 1.25 bits per heavy atom. The zero-order valence-corrected chi connectivity index (χ0v) is 9.34. The molecule has 0 radical (unpaired) electrons. The molecular formula is C9H4BrF5O. The number of hydrogen-bond acceptors (Lipinski definition) is 1. The van der Waals surface area contributed by atoms with Crippen LogP contribution in [0.5, 0.6) is 0 Å². The summed E-state index contributed by atoms with van der Waals surface area (Å²) in [7, 11) is 0. The third-order valence-corrected chi connectivity index (χ3v) is 2.40. The minimum atomic E-state index is -5.31. The molecule has 0 aromatic heterocycles. The van der Waals surface area contributed by atoms with Gasteiger partial charge in [0.15, 0.2) is 5.82 Å². The van der Waals surface area contributed by atoms with Crippen LogP contribution in [0.15, 0.2) is 10.5 Å². The summed E-state index contributed by atoms with van der Waals surface area (Å²) in [5, 5.41) is 0. The van der Waals surface area contributed by atoms with Crippen molar-refractivity contribution in [3.63, 3.8) is 0 Å². The van der Waals surface area contributed by atoms with E-state index in [4.69, 9.17) is 0 Å². The second-order valence-corrected chi connectivity index (χ2v) is 3.86. The van der Waals surface area contributed by atoms with Crippen molar-refractivity contribution < 1.29 is 26.7 Å². The maximum atomic E-state index is 13.2. The fourth-order valence-electron chi connectivity index (χ4n) is 1.07. The molecule has 0 aliphatic heterocycles. The molecule has 0 fully saturated rings. The van der Waals surface area contributed by atoms with E-state index in [1.165, 1.54) is 0 Å². The molecule has 88 valence electrons. The van der Waals surface area contributed by atoms with Crippen LogP contribution >= 0.6 is 15.9 Å². The van der Waals surface area contributed by atoms with Crippen molar-refractivity contribution in [2.24, 2.45) is 0 Å². The van der Waals surface area contributed by atoms with Crippen molar-refractivity contribution in [2.45, 2.75) is 13.1 Å². The number of carbonyl (C=O) groups is 1. The first-order valence-corrected chi connectivity index (χ1v) is 4.71. The molecule has 1 aromatic rings. The quantitative estimate of drug-likeness (QED) is 0.438. The summed E-state index contributed by atoms with van der Waals surface area (Å²) in [5.74, 6) is -5.58. The van der Waals surface area contributed by atoms with Crippen LogP contribution in [0.2, 0.25) is 0 Å². The van der Waals surface area contributed by atoms with Crippen LogP contribution < -0.4 is 0 Å². The molecule has 0 bridgehead atoms. The monoisotopic (exact) mass is 302 g/mol. The number of ketones is 1. The lowest BCUT2D eigenvalue weighted by Crippen LogP contribution is -2.25. The molecule has 0 atom stereocenters. The summed E-state index contributed by atoms with van der Waals surface area (Å²) < 4.78 is 62.2. The molecule has 0 aliphatic carbocycles. The fraction of sp³-hybridized carbons (Fsp3) is 0.222. The molecule has 1 aromatic carbocycles. The average Bonchev–Trinajstić information content (AvgIpc) is 2.13. The number of halogens is 6. The van der Waals surface area contributed by atoms with Gasteiger partial charge in [-0.2, -0.15) is 13.2 Å². The third-order valence-electron chi connectivity index (χ3n) is 1.82. The molecule has 0 saturated heterocycles. The van der Waals surface area contributed by atoms with Gasteiger partial charge in [-0.1, -0.05) is 0 Å². The molecule has 0 saturated carbocycles. The predicted molar refractivity (Wildman–Crippen MR) is 49.2 cm³/mol. The molecule has 0 N–H and O–H groups in total. The number of benzene rings is 1. The first kappa shape index (κ1) is 13.1. The van der Waals surface area contributed by atoms with Gasteiger partial charge >= 0.3 is 6.18 Å². The molecule has 7 heteroatoms. The summed E-state index contributed by atoms with van der Waals surface area (Å²) in [6, 6.07) is 0.956. The Balaban J connectivity index is 3.50. The Labute approximate surface area is 95.4 Å². The summed E-state index contributed by atoms with van der Waals surface area (Å²) in [6.45, 7) is 1.13. The molecular weight excluding hydrogens is 299 g/mol. The molecule has 1 rings (SSSR count). The van der Waals surface area contributed by atoms with E-state index in [-0.39, 0.29) is 10.0 Å². The highest BCUT2D eigenvalue weighted by Crippen LogP contribution is 2.30. The minimum absolute atomic E-state index is 0.249. The van der Waals surface area contributed by atoms with Gasteiger partial charge < -0.3 is 0 Å². The Morgan fingerprint density at radius 2 is 1.75 bits per heavy atom. The van der Waals surface area contributed by atoms with Gasteiger partial charge in [0.1, 0.15) is 11.4 Å². The van der Waals surface area contributed by atoms with E-state index in [1.54, 1.807) is 0 Å². The van der Waals surface area contributed by atoms with E-state index in [1.807, 2.05) is 0 Å². The second kappa shape index (κ2) is 4.12. The van der Waals surface area contributed by atoms with Crippen LogP contribution in [0.4, 0.5) is 22.0 Å². The molecule has 0 unspecified atom stereocenters. The van der Waals surface area contributed by atoms with E-state index in [0.717, 1.165) is 13.0 Å². The molecule has 0 aliphatic rings. The van der Waals surface area contributed by atoms with Gasteiger partial charge in [-0.25, -0.2) is 8.78 Å². The number of Topliss-reactive ketones (excluding diaryl/α,β-unsaturated/α-hetero) is 1. The van der Waals surface area contributed by atoms with Crippen molar-refractivity contribution >= 4 is 21.7 Å². The summed E-state index contributed by atoms with van der Waals surface area (Å²) in [5.41, 5.74) is -1.83. The lowest BCUT2D eigenvalue weighted by molar-refractivity contribution is -0.0890. The van der Waals surface area contributed by atoms with Crippen LogP contribution in [0.1, 0.15) is 15.9 Å². The smallest absolute Gasteiger partial charge is 0.284 e. The Bertz CT molecular complexity index is 426. The van der Waals surface area contributed by atoms with E-state index in [2.05, 4.69) is 15.9 Å². The zero-order valence-electron chi connectivity index (χ0n) is 7.75. The van der Waals surface area contributed by atoms with Crippen molar-refractivity contribution in [1.82, 2.24) is 0 Å². The topological polar surface area (TPSA) is 17.1 Å². The van der Waals surface area contributed by atoms with E-state index < -0.39 is 29.2 Å². The molecule has 0 spiro atoms. The molecule has 0 heterocycles. The molecule has 16 heavy (non-hydrogen) atoms. The maximum Gasteiger partial charge on any atom is 0.455 e. The fourth-order valence-corrected chi connectivity index (χ4v) is 1.61. The van der Waals surface area contributed by atoms with Crippen LogP contribution in [-0.2, 0) is 0 Å². The lowest BCUT2D eigenvalue weighted by atomic mass is 10.1. The highest BCUT2D eigenvalue weighted by molar-refractivity contribution is 9.10. The first-order chi connectivity index (χ1) is 7.16.